The van der Waals surface area contributed by atoms with Gasteiger partial charge in [0.1, 0.15) is 11.6 Å². The van der Waals surface area contributed by atoms with Gasteiger partial charge in [0.25, 0.3) is 5.56 Å². The predicted molar refractivity (Wildman–Crippen MR) is 82.4 cm³/mol. The van der Waals surface area contributed by atoms with Gasteiger partial charge >= 0.3 is 0 Å². The third-order valence-corrected chi connectivity index (χ3v) is 3.11. The van der Waals surface area contributed by atoms with Crippen molar-refractivity contribution < 1.29 is 5.11 Å². The van der Waals surface area contributed by atoms with Gasteiger partial charge in [0.2, 0.25) is 0 Å². The number of aromatic amines is 1. The Labute approximate surface area is 123 Å². The highest BCUT2D eigenvalue weighted by atomic mass is 16.3. The normalized spacial score (nSPS) is 12.2. The Morgan fingerprint density at radius 2 is 2.19 bits per heavy atom. The van der Waals surface area contributed by atoms with E-state index in [4.69, 9.17) is 0 Å². The second-order valence-corrected chi connectivity index (χ2v) is 5.07. The van der Waals surface area contributed by atoms with E-state index in [9.17, 15) is 9.90 Å². The molecule has 21 heavy (non-hydrogen) atoms. The lowest BCUT2D eigenvalue weighted by molar-refractivity contribution is 0.201. The Morgan fingerprint density at radius 1 is 1.43 bits per heavy atom. The number of aryl methyl sites for hydroxylation is 1. The van der Waals surface area contributed by atoms with Crippen LogP contribution in [0, 0.1) is 0 Å². The van der Waals surface area contributed by atoms with Crippen LogP contribution >= 0.6 is 0 Å². The molecule has 0 aliphatic carbocycles. The first-order valence-corrected chi connectivity index (χ1v) is 6.95. The number of H-pyrrole nitrogens is 1. The topological polar surface area (TPSA) is 82.1 Å². The molecule has 1 atom stereocenters. The van der Waals surface area contributed by atoms with Crippen molar-refractivity contribution in [2.75, 3.05) is 18.5 Å². The number of rotatable bonds is 5. The van der Waals surface area contributed by atoms with Gasteiger partial charge in [-0.2, -0.15) is 0 Å². The van der Waals surface area contributed by atoms with Crippen LogP contribution in [0.5, 0.6) is 0 Å². The van der Waals surface area contributed by atoms with E-state index in [1.54, 1.807) is 13.1 Å². The predicted octanol–water partition coefficient (Wildman–Crippen LogP) is 1.21. The van der Waals surface area contributed by atoms with Crippen molar-refractivity contribution in [2.24, 2.45) is 0 Å². The molecule has 2 rings (SSSR count). The molecule has 0 bridgehead atoms. The number of pyridine rings is 1. The van der Waals surface area contributed by atoms with Crippen LogP contribution in [-0.2, 0) is 6.42 Å². The summed E-state index contributed by atoms with van der Waals surface area (Å²) in [6.45, 7) is 4.19. The number of likely N-dealkylation sites (N-methyl/N-ethyl adjacent to an activating group) is 1. The van der Waals surface area contributed by atoms with Crippen molar-refractivity contribution in [1.82, 2.24) is 15.0 Å². The largest absolute Gasteiger partial charge is 0.392 e. The molecule has 6 nitrogen and oxygen atoms in total. The fourth-order valence-electron chi connectivity index (χ4n) is 2.07. The van der Waals surface area contributed by atoms with Crippen LogP contribution in [-0.4, -0.2) is 39.8 Å². The third-order valence-electron chi connectivity index (χ3n) is 3.11. The van der Waals surface area contributed by atoms with Crippen molar-refractivity contribution in [3.8, 4) is 11.4 Å². The van der Waals surface area contributed by atoms with Crippen LogP contribution in [0.4, 0.5) is 5.82 Å². The summed E-state index contributed by atoms with van der Waals surface area (Å²) in [7, 11) is 1.87. The maximum absolute atomic E-state index is 11.6. The van der Waals surface area contributed by atoms with Crippen molar-refractivity contribution in [3.05, 3.63) is 40.4 Å². The molecule has 0 saturated carbocycles. The van der Waals surface area contributed by atoms with Gasteiger partial charge in [0.05, 0.1) is 6.10 Å². The van der Waals surface area contributed by atoms with Crippen LogP contribution in [0.3, 0.4) is 0 Å². The van der Waals surface area contributed by atoms with Gasteiger partial charge < -0.3 is 15.0 Å². The summed E-state index contributed by atoms with van der Waals surface area (Å²) >= 11 is 0. The van der Waals surface area contributed by atoms with Crippen molar-refractivity contribution >= 4 is 5.82 Å². The van der Waals surface area contributed by atoms with E-state index in [-0.39, 0.29) is 5.56 Å². The minimum absolute atomic E-state index is 0.160. The molecule has 0 radical (unpaired) electrons. The zero-order chi connectivity index (χ0) is 15.4. The van der Waals surface area contributed by atoms with E-state index in [1.165, 1.54) is 6.07 Å². The molecule has 2 heterocycles. The van der Waals surface area contributed by atoms with E-state index in [0.717, 1.165) is 17.1 Å². The fraction of sp³-hybridized carbons (Fsp3) is 0.400. The second-order valence-electron chi connectivity index (χ2n) is 5.07. The first kappa shape index (κ1) is 15.2. The summed E-state index contributed by atoms with van der Waals surface area (Å²) < 4.78 is 0. The summed E-state index contributed by atoms with van der Waals surface area (Å²) in [6, 6.07) is 5.20. The van der Waals surface area contributed by atoms with Crippen LogP contribution in [0.25, 0.3) is 11.4 Å². The molecule has 0 spiro atoms. The molecule has 0 aromatic carbocycles. The molecular formula is C15H20N4O2. The summed E-state index contributed by atoms with van der Waals surface area (Å²) in [4.78, 5) is 24.9. The van der Waals surface area contributed by atoms with Gasteiger partial charge in [0.15, 0.2) is 0 Å². The average molecular weight is 288 g/mol. The van der Waals surface area contributed by atoms with Crippen molar-refractivity contribution in [3.63, 3.8) is 0 Å². The Hall–Kier alpha value is -2.21. The third kappa shape index (κ3) is 3.88. The summed E-state index contributed by atoms with van der Waals surface area (Å²) in [6.07, 6.45) is 1.96. The Kier molecular flexibility index (Phi) is 4.70. The first-order chi connectivity index (χ1) is 9.99. The maximum atomic E-state index is 11.6. The number of nitrogens with one attached hydrogen (secondary N) is 1. The molecule has 2 aromatic heterocycles. The molecule has 2 aromatic rings. The number of anilines is 1. The van der Waals surface area contributed by atoms with Crippen LogP contribution in [0.2, 0.25) is 0 Å². The highest BCUT2D eigenvalue weighted by Gasteiger charge is 2.08. The Balaban J connectivity index is 2.26. The number of nitrogens with zero attached hydrogens (tertiary/aromatic N) is 3. The van der Waals surface area contributed by atoms with Gasteiger partial charge in [-0.05, 0) is 25.5 Å². The molecule has 6 heteroatoms. The van der Waals surface area contributed by atoms with Gasteiger partial charge in [0, 0.05) is 37.1 Å². The number of aliphatic hydroxyl groups excluding tert-OH is 1. The highest BCUT2D eigenvalue weighted by molar-refractivity contribution is 5.56. The molecule has 2 N–H and O–H groups in total. The zero-order valence-electron chi connectivity index (χ0n) is 12.5. The van der Waals surface area contributed by atoms with Crippen LogP contribution < -0.4 is 10.5 Å². The monoisotopic (exact) mass is 288 g/mol. The quantitative estimate of drug-likeness (QED) is 0.864. The Bertz CT molecular complexity index is 649. The first-order valence-electron chi connectivity index (χ1n) is 6.95. The molecule has 0 aliphatic heterocycles. The zero-order valence-corrected chi connectivity index (χ0v) is 12.5. The molecular weight excluding hydrogens is 268 g/mol. The molecule has 0 saturated heterocycles. The smallest absolute Gasteiger partial charge is 0.251 e. The van der Waals surface area contributed by atoms with E-state index in [0.29, 0.717) is 18.8 Å². The van der Waals surface area contributed by atoms with Crippen LogP contribution in [0.15, 0.2) is 29.2 Å². The van der Waals surface area contributed by atoms with Crippen molar-refractivity contribution in [2.45, 2.75) is 26.4 Å². The highest BCUT2D eigenvalue weighted by Crippen LogP contribution is 2.16. The molecule has 0 unspecified atom stereocenters. The number of hydrogen-bond donors (Lipinski definition) is 2. The van der Waals surface area contributed by atoms with E-state index in [2.05, 4.69) is 15.0 Å². The molecule has 0 aliphatic rings. The SMILES string of the molecule is CCc1cc(=O)[nH]c(-c2ccc(N(C)C[C@@H](C)O)nc2)n1. The lowest BCUT2D eigenvalue weighted by Gasteiger charge is -2.19. The van der Waals surface area contributed by atoms with Crippen molar-refractivity contribution in [1.29, 1.82) is 0 Å². The minimum atomic E-state index is -0.421. The minimum Gasteiger partial charge on any atom is -0.392 e. The average Bonchev–Trinajstić information content (AvgIpc) is 2.46. The fourth-order valence-corrected chi connectivity index (χ4v) is 2.07. The van der Waals surface area contributed by atoms with Gasteiger partial charge in [-0.25, -0.2) is 9.97 Å². The lowest BCUT2D eigenvalue weighted by atomic mass is 10.2. The lowest BCUT2D eigenvalue weighted by Crippen LogP contribution is -2.27. The van der Waals surface area contributed by atoms with E-state index >= 15 is 0 Å². The van der Waals surface area contributed by atoms with Crippen LogP contribution in [0.1, 0.15) is 19.5 Å². The van der Waals surface area contributed by atoms with Gasteiger partial charge in [-0.15, -0.1) is 0 Å². The summed E-state index contributed by atoms with van der Waals surface area (Å²) in [5.74, 6) is 1.28. The summed E-state index contributed by atoms with van der Waals surface area (Å²) in [5, 5.41) is 9.39. The summed E-state index contributed by atoms with van der Waals surface area (Å²) in [5.41, 5.74) is 1.35. The molecule has 112 valence electrons. The second kappa shape index (κ2) is 6.49. The number of aromatic nitrogens is 3. The Morgan fingerprint density at radius 3 is 2.76 bits per heavy atom. The van der Waals surface area contributed by atoms with E-state index in [1.807, 2.05) is 31.0 Å². The number of hydrogen-bond acceptors (Lipinski definition) is 5. The number of aliphatic hydroxyl groups is 1. The standard InChI is InChI=1S/C15H20N4O2/c1-4-12-7-14(21)18-15(17-12)11-5-6-13(16-8-11)19(3)9-10(2)20/h5-8,10,20H,4,9H2,1-3H3,(H,17,18,21)/t10-/m1/s1. The van der Waals surface area contributed by atoms with E-state index < -0.39 is 6.10 Å². The molecule has 0 fully saturated rings. The van der Waals surface area contributed by atoms with Gasteiger partial charge in [-0.3, -0.25) is 4.79 Å². The van der Waals surface area contributed by atoms with Gasteiger partial charge in [-0.1, -0.05) is 6.92 Å². The molecule has 0 amide bonds. The maximum Gasteiger partial charge on any atom is 0.251 e.